The molecule has 1 aliphatic carbocycles. The Morgan fingerprint density at radius 1 is 1.16 bits per heavy atom. The highest BCUT2D eigenvalue weighted by molar-refractivity contribution is 6.39. The predicted molar refractivity (Wildman–Crippen MR) is 142 cm³/mol. The topological polar surface area (TPSA) is 65.3 Å². The number of rotatable bonds is 7. The Labute approximate surface area is 227 Å². The highest BCUT2D eigenvalue weighted by Gasteiger charge is 2.42. The van der Waals surface area contributed by atoms with Crippen molar-refractivity contribution in [3.63, 3.8) is 0 Å². The van der Waals surface area contributed by atoms with E-state index in [2.05, 4.69) is 15.6 Å². The van der Waals surface area contributed by atoms with E-state index in [1.807, 2.05) is 6.07 Å². The first kappa shape index (κ1) is 26.7. The van der Waals surface area contributed by atoms with Crippen LogP contribution in [0.3, 0.4) is 0 Å². The fourth-order valence-corrected chi connectivity index (χ4v) is 5.54. The molecule has 200 valence electrons. The highest BCUT2D eigenvalue weighted by Crippen LogP contribution is 2.40. The third-order valence-electron chi connectivity index (χ3n) is 7.18. The number of hydrogen-bond acceptors (Lipinski definition) is 5. The maximum atomic E-state index is 13.4. The Morgan fingerprint density at radius 2 is 1.92 bits per heavy atom. The fraction of sp³-hybridized carbons (Fsp3) is 0.480. The lowest BCUT2D eigenvalue weighted by molar-refractivity contribution is -0.175. The van der Waals surface area contributed by atoms with Crippen LogP contribution in [-0.2, 0) is 13.6 Å². The van der Waals surface area contributed by atoms with Crippen LogP contribution in [0.2, 0.25) is 15.1 Å². The lowest BCUT2D eigenvalue weighted by Crippen LogP contribution is -2.41. The minimum atomic E-state index is -4.24. The van der Waals surface area contributed by atoms with Gasteiger partial charge in [0.25, 0.3) is 0 Å². The number of nitrogens with one attached hydrogen (secondary N) is 2. The molecule has 0 bridgehead atoms. The molecule has 37 heavy (non-hydrogen) atoms. The largest absolute Gasteiger partial charge is 0.393 e. The van der Waals surface area contributed by atoms with Crippen molar-refractivity contribution in [1.29, 1.82) is 0 Å². The lowest BCUT2D eigenvalue weighted by Gasteiger charge is -2.35. The molecule has 12 heteroatoms. The van der Waals surface area contributed by atoms with Crippen LogP contribution in [0, 0.1) is 5.92 Å². The SMILES string of the molecule is Cn1c(Nc2c(Cl)ccc(CNCC3(O)CC3)c2Cl)nc2cc(Cl)c(N3CCCC(C(F)(F)F)C3)cc21. The lowest BCUT2D eigenvalue weighted by atomic mass is 9.97. The van der Waals surface area contributed by atoms with Crippen LogP contribution in [0.5, 0.6) is 0 Å². The third-order valence-corrected chi connectivity index (χ3v) is 8.23. The molecule has 2 heterocycles. The quantitative estimate of drug-likeness (QED) is 0.293. The molecule has 2 aromatic carbocycles. The molecule has 1 saturated heterocycles. The minimum absolute atomic E-state index is 0.122. The molecule has 1 aromatic heterocycles. The molecule has 3 aromatic rings. The summed E-state index contributed by atoms with van der Waals surface area (Å²) in [6.07, 6.45) is -2.09. The van der Waals surface area contributed by atoms with Crippen molar-refractivity contribution in [3.8, 4) is 0 Å². The molecule has 2 aliphatic rings. The van der Waals surface area contributed by atoms with Gasteiger partial charge in [-0.2, -0.15) is 13.2 Å². The van der Waals surface area contributed by atoms with Gasteiger partial charge in [-0.15, -0.1) is 0 Å². The predicted octanol–water partition coefficient (Wildman–Crippen LogP) is 6.67. The molecule has 3 N–H and O–H groups in total. The summed E-state index contributed by atoms with van der Waals surface area (Å²) in [5, 5.41) is 17.7. The van der Waals surface area contributed by atoms with Crippen molar-refractivity contribution in [1.82, 2.24) is 14.9 Å². The van der Waals surface area contributed by atoms with Gasteiger partial charge < -0.3 is 25.2 Å². The Kier molecular flexibility index (Phi) is 7.21. The molecule has 1 unspecified atom stereocenters. The summed E-state index contributed by atoms with van der Waals surface area (Å²) >= 11 is 19.7. The van der Waals surface area contributed by atoms with E-state index in [9.17, 15) is 18.3 Å². The average molecular weight is 577 g/mol. The second kappa shape index (κ2) is 10.0. The summed E-state index contributed by atoms with van der Waals surface area (Å²) in [5.74, 6) is -0.925. The van der Waals surface area contributed by atoms with E-state index in [0.29, 0.717) is 69.5 Å². The number of aryl methyl sites for hydroxylation is 1. The Balaban J connectivity index is 1.40. The number of piperidine rings is 1. The number of nitrogens with zero attached hydrogens (tertiary/aromatic N) is 3. The molecule has 6 nitrogen and oxygen atoms in total. The van der Waals surface area contributed by atoms with Crippen LogP contribution in [0.15, 0.2) is 24.3 Å². The van der Waals surface area contributed by atoms with Crippen LogP contribution >= 0.6 is 34.8 Å². The summed E-state index contributed by atoms with van der Waals surface area (Å²) < 4.78 is 41.9. The fourth-order valence-electron chi connectivity index (χ4n) is 4.73. The number of aliphatic hydroxyl groups is 1. The van der Waals surface area contributed by atoms with Crippen LogP contribution in [0.4, 0.5) is 30.5 Å². The molecule has 1 aliphatic heterocycles. The Bertz CT molecular complexity index is 1330. The van der Waals surface area contributed by atoms with Gasteiger partial charge in [0, 0.05) is 33.2 Å². The smallest absolute Gasteiger partial charge is 0.389 e. The van der Waals surface area contributed by atoms with Crippen LogP contribution < -0.4 is 15.5 Å². The minimum Gasteiger partial charge on any atom is -0.389 e. The van der Waals surface area contributed by atoms with E-state index in [0.717, 1.165) is 18.4 Å². The van der Waals surface area contributed by atoms with Gasteiger partial charge in [-0.05, 0) is 49.4 Å². The molecule has 5 rings (SSSR count). The zero-order valence-corrected chi connectivity index (χ0v) is 22.4. The van der Waals surface area contributed by atoms with Crippen molar-refractivity contribution >= 4 is 63.2 Å². The first-order valence-electron chi connectivity index (χ1n) is 12.1. The first-order valence-corrected chi connectivity index (χ1v) is 13.2. The van der Waals surface area contributed by atoms with Crippen molar-refractivity contribution in [2.45, 2.75) is 44.0 Å². The van der Waals surface area contributed by atoms with Gasteiger partial charge in [0.05, 0.1) is 49.0 Å². The normalized spacial score (nSPS) is 19.5. The number of fused-ring (bicyclic) bond motifs is 1. The standard InChI is InChI=1S/C25H27Cl3F3N5O/c1-35-20-10-19(36-8-2-3-15(12-36)25(29,30)31)17(27)9-18(20)33-23(35)34-22-16(26)5-4-14(21(22)28)11-32-13-24(37)6-7-24/h4-5,9-10,15,32,37H,2-3,6-8,11-13H2,1H3,(H,33,34). The average Bonchev–Trinajstić information content (AvgIpc) is 3.50. The van der Waals surface area contributed by atoms with E-state index in [1.165, 1.54) is 0 Å². The van der Waals surface area contributed by atoms with Crippen LogP contribution in [0.25, 0.3) is 11.0 Å². The van der Waals surface area contributed by atoms with Crippen molar-refractivity contribution in [2.24, 2.45) is 13.0 Å². The zero-order chi connectivity index (χ0) is 26.5. The summed E-state index contributed by atoms with van der Waals surface area (Å²) in [6.45, 7) is 1.33. The summed E-state index contributed by atoms with van der Waals surface area (Å²) in [6, 6.07) is 7.01. The van der Waals surface area contributed by atoms with Gasteiger partial charge in [0.1, 0.15) is 0 Å². The van der Waals surface area contributed by atoms with E-state index in [-0.39, 0.29) is 13.0 Å². The van der Waals surface area contributed by atoms with Gasteiger partial charge in [0.15, 0.2) is 0 Å². The summed E-state index contributed by atoms with van der Waals surface area (Å²) in [5.41, 5.74) is 2.53. The van der Waals surface area contributed by atoms with E-state index in [1.54, 1.807) is 34.7 Å². The number of hydrogen-bond donors (Lipinski definition) is 3. The zero-order valence-electron chi connectivity index (χ0n) is 20.1. The number of benzene rings is 2. The number of halogens is 6. The van der Waals surface area contributed by atoms with Crippen LogP contribution in [0.1, 0.15) is 31.2 Å². The van der Waals surface area contributed by atoms with Gasteiger partial charge in [-0.25, -0.2) is 4.98 Å². The van der Waals surface area contributed by atoms with Gasteiger partial charge in [-0.1, -0.05) is 40.9 Å². The van der Waals surface area contributed by atoms with Crippen molar-refractivity contribution in [2.75, 3.05) is 29.9 Å². The Hall–Kier alpha value is -1.91. The highest BCUT2D eigenvalue weighted by atomic mass is 35.5. The number of anilines is 3. The van der Waals surface area contributed by atoms with Crippen LogP contribution in [-0.4, -0.2) is 46.1 Å². The first-order chi connectivity index (χ1) is 17.4. The van der Waals surface area contributed by atoms with Gasteiger partial charge in [-0.3, -0.25) is 0 Å². The molecule has 0 radical (unpaired) electrons. The third kappa shape index (κ3) is 5.61. The number of alkyl halides is 3. The van der Waals surface area contributed by atoms with E-state index in [4.69, 9.17) is 34.8 Å². The number of aromatic nitrogens is 2. The molecule has 2 fully saturated rings. The van der Waals surface area contributed by atoms with Gasteiger partial charge >= 0.3 is 6.18 Å². The monoisotopic (exact) mass is 575 g/mol. The second-order valence-electron chi connectivity index (χ2n) is 9.96. The van der Waals surface area contributed by atoms with Gasteiger partial charge in [0.2, 0.25) is 5.95 Å². The van der Waals surface area contributed by atoms with E-state index < -0.39 is 17.7 Å². The maximum absolute atomic E-state index is 13.4. The van der Waals surface area contributed by atoms with Crippen molar-refractivity contribution < 1.29 is 18.3 Å². The number of imidazole rings is 1. The van der Waals surface area contributed by atoms with Crippen molar-refractivity contribution in [3.05, 3.63) is 44.9 Å². The molecule has 1 saturated carbocycles. The molecule has 0 spiro atoms. The Morgan fingerprint density at radius 3 is 2.62 bits per heavy atom. The maximum Gasteiger partial charge on any atom is 0.393 e. The summed E-state index contributed by atoms with van der Waals surface area (Å²) in [7, 11) is 1.80. The summed E-state index contributed by atoms with van der Waals surface area (Å²) in [4.78, 5) is 6.33. The van der Waals surface area contributed by atoms with E-state index >= 15 is 0 Å². The molecular weight excluding hydrogens is 550 g/mol. The molecular formula is C25H27Cl3F3N5O. The molecule has 1 atom stereocenters. The molecule has 0 amide bonds. The second-order valence-corrected chi connectivity index (χ2v) is 11.2.